The molecule has 0 saturated carbocycles. The van der Waals surface area contributed by atoms with Crippen molar-refractivity contribution in [3.63, 3.8) is 0 Å². The second kappa shape index (κ2) is 4.24. The molecule has 0 saturated heterocycles. The third-order valence-electron chi connectivity index (χ3n) is 1.72. The molecule has 0 aliphatic heterocycles. The zero-order valence-corrected chi connectivity index (χ0v) is 8.20. The zero-order chi connectivity index (χ0) is 9.73. The van der Waals surface area contributed by atoms with E-state index < -0.39 is 5.60 Å². The minimum absolute atomic E-state index is 0.700. The monoisotopic (exact) mass is 176 g/mol. The Labute approximate surface area is 79.7 Å². The summed E-state index contributed by atoms with van der Waals surface area (Å²) in [7, 11) is 0. The SMILES string of the molecule is CC(C)(O)/C=C/Cc1ccccc1. The molecule has 1 N–H and O–H groups in total. The molecule has 0 unspecified atom stereocenters. The highest BCUT2D eigenvalue weighted by atomic mass is 16.3. The fraction of sp³-hybridized carbons (Fsp3) is 0.333. The van der Waals surface area contributed by atoms with Gasteiger partial charge in [-0.25, -0.2) is 0 Å². The van der Waals surface area contributed by atoms with Crippen molar-refractivity contribution >= 4 is 0 Å². The number of aliphatic hydroxyl groups is 1. The normalized spacial score (nSPS) is 12.2. The standard InChI is InChI=1S/C12H16O/c1-12(2,13)10-6-9-11-7-4-3-5-8-11/h3-8,10,13H,9H2,1-2H3/b10-6+. The van der Waals surface area contributed by atoms with Gasteiger partial charge in [0.25, 0.3) is 0 Å². The topological polar surface area (TPSA) is 20.2 Å². The maximum atomic E-state index is 9.41. The lowest BCUT2D eigenvalue weighted by atomic mass is 10.1. The smallest absolute Gasteiger partial charge is 0.0771 e. The Balaban J connectivity index is 2.49. The summed E-state index contributed by atoms with van der Waals surface area (Å²) < 4.78 is 0. The van der Waals surface area contributed by atoms with Crippen LogP contribution in [0.3, 0.4) is 0 Å². The molecule has 1 heteroatoms. The van der Waals surface area contributed by atoms with Gasteiger partial charge in [0.1, 0.15) is 0 Å². The molecule has 13 heavy (non-hydrogen) atoms. The summed E-state index contributed by atoms with van der Waals surface area (Å²) in [5.41, 5.74) is 0.567. The summed E-state index contributed by atoms with van der Waals surface area (Å²) >= 11 is 0. The van der Waals surface area contributed by atoms with Crippen LogP contribution in [0.25, 0.3) is 0 Å². The van der Waals surface area contributed by atoms with Crippen LogP contribution in [0.1, 0.15) is 19.4 Å². The largest absolute Gasteiger partial charge is 0.386 e. The van der Waals surface area contributed by atoms with Gasteiger partial charge in [-0.15, -0.1) is 0 Å². The predicted octanol–water partition coefficient (Wildman–Crippen LogP) is 2.56. The Morgan fingerprint density at radius 1 is 1.23 bits per heavy atom. The second-order valence-electron chi connectivity index (χ2n) is 3.75. The lowest BCUT2D eigenvalue weighted by molar-refractivity contribution is 0.133. The lowest BCUT2D eigenvalue weighted by Gasteiger charge is -2.09. The van der Waals surface area contributed by atoms with Gasteiger partial charge in [0.15, 0.2) is 0 Å². The van der Waals surface area contributed by atoms with Crippen LogP contribution < -0.4 is 0 Å². The Hall–Kier alpha value is -1.08. The van der Waals surface area contributed by atoms with E-state index in [-0.39, 0.29) is 0 Å². The van der Waals surface area contributed by atoms with E-state index in [0.29, 0.717) is 0 Å². The number of hydrogen-bond acceptors (Lipinski definition) is 1. The third-order valence-corrected chi connectivity index (χ3v) is 1.72. The van der Waals surface area contributed by atoms with Crippen LogP contribution in [0.15, 0.2) is 42.5 Å². The molecule has 0 bridgehead atoms. The van der Waals surface area contributed by atoms with E-state index in [4.69, 9.17) is 0 Å². The maximum Gasteiger partial charge on any atom is 0.0771 e. The number of allylic oxidation sites excluding steroid dienone is 1. The molecule has 0 aliphatic rings. The van der Waals surface area contributed by atoms with Crippen LogP contribution >= 0.6 is 0 Å². The van der Waals surface area contributed by atoms with Crippen LogP contribution in [0, 0.1) is 0 Å². The van der Waals surface area contributed by atoms with Crippen molar-refractivity contribution in [1.29, 1.82) is 0 Å². The summed E-state index contributed by atoms with van der Waals surface area (Å²) in [5.74, 6) is 0. The van der Waals surface area contributed by atoms with Crippen LogP contribution in [-0.4, -0.2) is 10.7 Å². The number of benzene rings is 1. The van der Waals surface area contributed by atoms with Crippen molar-refractivity contribution in [3.05, 3.63) is 48.0 Å². The molecular weight excluding hydrogens is 160 g/mol. The molecule has 0 heterocycles. The van der Waals surface area contributed by atoms with Crippen molar-refractivity contribution in [2.24, 2.45) is 0 Å². The molecule has 1 nitrogen and oxygen atoms in total. The first-order valence-electron chi connectivity index (χ1n) is 4.52. The molecule has 0 atom stereocenters. The molecule has 0 aliphatic carbocycles. The first kappa shape index (κ1) is 10.0. The fourth-order valence-electron chi connectivity index (χ4n) is 1.10. The van der Waals surface area contributed by atoms with Crippen molar-refractivity contribution in [2.75, 3.05) is 0 Å². The van der Waals surface area contributed by atoms with Gasteiger partial charge in [-0.1, -0.05) is 42.5 Å². The Morgan fingerprint density at radius 3 is 2.38 bits per heavy atom. The molecule has 1 aromatic carbocycles. The minimum atomic E-state index is -0.700. The first-order chi connectivity index (χ1) is 6.08. The first-order valence-corrected chi connectivity index (χ1v) is 4.52. The van der Waals surface area contributed by atoms with E-state index in [9.17, 15) is 5.11 Å². The summed E-state index contributed by atoms with van der Waals surface area (Å²) in [6.45, 7) is 3.54. The molecule has 0 aromatic heterocycles. The summed E-state index contributed by atoms with van der Waals surface area (Å²) in [6.07, 6.45) is 4.69. The average Bonchev–Trinajstić information content (AvgIpc) is 2.04. The molecule has 1 rings (SSSR count). The lowest BCUT2D eigenvalue weighted by Crippen LogP contribution is -2.13. The zero-order valence-electron chi connectivity index (χ0n) is 8.20. The van der Waals surface area contributed by atoms with Crippen LogP contribution in [0.5, 0.6) is 0 Å². The average molecular weight is 176 g/mol. The van der Waals surface area contributed by atoms with Crippen LogP contribution in [0.4, 0.5) is 0 Å². The summed E-state index contributed by atoms with van der Waals surface area (Å²) in [5, 5.41) is 9.41. The van der Waals surface area contributed by atoms with Gasteiger partial charge in [0.05, 0.1) is 5.60 Å². The molecule has 0 spiro atoms. The summed E-state index contributed by atoms with van der Waals surface area (Å²) in [4.78, 5) is 0. The fourth-order valence-corrected chi connectivity index (χ4v) is 1.10. The van der Waals surface area contributed by atoms with Gasteiger partial charge >= 0.3 is 0 Å². The summed E-state index contributed by atoms with van der Waals surface area (Å²) in [6, 6.07) is 10.2. The Bertz CT molecular complexity index is 267. The predicted molar refractivity (Wildman–Crippen MR) is 55.6 cm³/mol. The maximum absolute atomic E-state index is 9.41. The van der Waals surface area contributed by atoms with Crippen molar-refractivity contribution < 1.29 is 5.11 Å². The molecule has 0 fully saturated rings. The van der Waals surface area contributed by atoms with E-state index in [1.807, 2.05) is 30.4 Å². The quantitative estimate of drug-likeness (QED) is 0.702. The molecule has 0 amide bonds. The minimum Gasteiger partial charge on any atom is -0.386 e. The number of rotatable bonds is 3. The van der Waals surface area contributed by atoms with Gasteiger partial charge in [-0.2, -0.15) is 0 Å². The molecule has 0 radical (unpaired) electrons. The van der Waals surface area contributed by atoms with Crippen molar-refractivity contribution in [3.8, 4) is 0 Å². The van der Waals surface area contributed by atoms with Gasteiger partial charge in [-0.3, -0.25) is 0 Å². The van der Waals surface area contributed by atoms with Gasteiger partial charge in [-0.05, 0) is 25.8 Å². The second-order valence-corrected chi connectivity index (χ2v) is 3.75. The van der Waals surface area contributed by atoms with E-state index in [1.54, 1.807) is 13.8 Å². The molecular formula is C12H16O. The number of hydrogen-bond donors (Lipinski definition) is 1. The van der Waals surface area contributed by atoms with Crippen molar-refractivity contribution in [2.45, 2.75) is 25.9 Å². The molecule has 70 valence electrons. The van der Waals surface area contributed by atoms with E-state index >= 15 is 0 Å². The van der Waals surface area contributed by atoms with Crippen molar-refractivity contribution in [1.82, 2.24) is 0 Å². The highest BCUT2D eigenvalue weighted by Crippen LogP contribution is 2.05. The van der Waals surface area contributed by atoms with E-state index in [1.165, 1.54) is 5.56 Å². The van der Waals surface area contributed by atoms with Gasteiger partial charge in [0, 0.05) is 0 Å². The van der Waals surface area contributed by atoms with E-state index in [0.717, 1.165) is 6.42 Å². The highest BCUT2D eigenvalue weighted by molar-refractivity contribution is 5.18. The van der Waals surface area contributed by atoms with Gasteiger partial charge in [0.2, 0.25) is 0 Å². The Morgan fingerprint density at radius 2 is 1.85 bits per heavy atom. The highest BCUT2D eigenvalue weighted by Gasteiger charge is 2.04. The van der Waals surface area contributed by atoms with Crippen LogP contribution in [0.2, 0.25) is 0 Å². The van der Waals surface area contributed by atoms with E-state index in [2.05, 4.69) is 12.1 Å². The Kier molecular flexibility index (Phi) is 3.26. The third kappa shape index (κ3) is 4.48. The van der Waals surface area contributed by atoms with Gasteiger partial charge < -0.3 is 5.11 Å². The molecule has 1 aromatic rings. The van der Waals surface area contributed by atoms with Crippen LogP contribution in [-0.2, 0) is 6.42 Å².